The number of aryl methyl sites for hydroxylation is 1. The van der Waals surface area contributed by atoms with Gasteiger partial charge in [0.05, 0.1) is 6.42 Å². The second-order valence-electron chi connectivity index (χ2n) is 11.3. The van der Waals surface area contributed by atoms with E-state index in [0.717, 1.165) is 71.2 Å². The summed E-state index contributed by atoms with van der Waals surface area (Å²) in [4.78, 5) is 19.7. The van der Waals surface area contributed by atoms with E-state index in [2.05, 4.69) is 40.0 Å². The van der Waals surface area contributed by atoms with Gasteiger partial charge in [-0.15, -0.1) is 0 Å². The topological polar surface area (TPSA) is 74.3 Å². The van der Waals surface area contributed by atoms with Crippen molar-refractivity contribution in [3.8, 4) is 0 Å². The SMILES string of the molecule is C=C1C(Cn2ccnc2CC)=Cc2cc(Cl)ccc2C(C2CCN(C(=O)Cc3cc[n+](O)cc3)CC2)C1CN/C=C\C. The van der Waals surface area contributed by atoms with Crippen molar-refractivity contribution in [2.75, 3.05) is 19.6 Å². The van der Waals surface area contributed by atoms with Crippen molar-refractivity contribution in [3.05, 3.63) is 113 Å². The smallest absolute Gasteiger partial charge is 0.226 e. The summed E-state index contributed by atoms with van der Waals surface area (Å²) in [7, 11) is 0. The number of aromatic nitrogens is 3. The molecule has 1 aliphatic carbocycles. The lowest BCUT2D eigenvalue weighted by molar-refractivity contribution is -0.904. The number of carbonyl (C=O) groups is 1. The number of piperidine rings is 1. The van der Waals surface area contributed by atoms with Crippen molar-refractivity contribution >= 4 is 23.6 Å². The number of nitrogens with one attached hydrogen (secondary N) is 1. The van der Waals surface area contributed by atoms with Gasteiger partial charge in [0.2, 0.25) is 18.3 Å². The van der Waals surface area contributed by atoms with Crippen molar-refractivity contribution in [1.29, 1.82) is 0 Å². The molecule has 2 aromatic heterocycles. The number of imidazole rings is 1. The van der Waals surface area contributed by atoms with E-state index in [0.29, 0.717) is 18.9 Å². The van der Waals surface area contributed by atoms with Gasteiger partial charge in [-0.05, 0) is 83.8 Å². The number of carbonyl (C=O) groups excluding carboxylic acids is 1. The van der Waals surface area contributed by atoms with E-state index >= 15 is 0 Å². The Hall–Kier alpha value is -3.84. The number of likely N-dealkylation sites (tertiary alicyclic amines) is 1. The molecule has 42 heavy (non-hydrogen) atoms. The molecule has 3 heterocycles. The Morgan fingerprint density at radius 2 is 2.00 bits per heavy atom. The number of fused-ring (bicyclic) bond motifs is 1. The molecule has 2 unspecified atom stereocenters. The van der Waals surface area contributed by atoms with Crippen LogP contribution in [0.4, 0.5) is 0 Å². The standard InChI is InChI=1S/C34H41ClN5O2/c1-4-12-36-22-31-24(3)28(23-39-18-13-37-32(39)5-2)20-27-21-29(35)6-7-30(27)34(31)26-10-14-38(15-11-26)33(41)19-25-8-16-40(42)17-9-25/h4,6-9,12-13,16-18,20-21,26,31,34,36,42H,3,5,10-11,14-15,19,22-23H2,1-2H3/q+1/b12-4-. The molecule has 0 saturated carbocycles. The van der Waals surface area contributed by atoms with Crippen molar-refractivity contribution in [2.24, 2.45) is 11.8 Å². The summed E-state index contributed by atoms with van der Waals surface area (Å²) in [6, 6.07) is 9.86. The number of halogens is 1. The summed E-state index contributed by atoms with van der Waals surface area (Å²) in [5, 5.41) is 13.8. The van der Waals surface area contributed by atoms with Gasteiger partial charge in [0, 0.05) is 72.8 Å². The summed E-state index contributed by atoms with van der Waals surface area (Å²) in [6.07, 6.45) is 16.4. The largest absolute Gasteiger partial charge is 0.391 e. The van der Waals surface area contributed by atoms with Crippen LogP contribution < -0.4 is 10.0 Å². The Bertz CT molecular complexity index is 1470. The van der Waals surface area contributed by atoms with Crippen molar-refractivity contribution in [3.63, 3.8) is 0 Å². The summed E-state index contributed by atoms with van der Waals surface area (Å²) in [6.45, 7) is 11.8. The van der Waals surface area contributed by atoms with Crippen LogP contribution in [0.5, 0.6) is 0 Å². The first-order chi connectivity index (χ1) is 20.4. The Kier molecular flexibility index (Phi) is 9.48. The predicted molar refractivity (Wildman–Crippen MR) is 166 cm³/mol. The van der Waals surface area contributed by atoms with E-state index in [4.69, 9.17) is 18.2 Å². The first kappa shape index (κ1) is 29.6. The number of pyridine rings is 1. The molecule has 1 aromatic carbocycles. The average molecular weight is 587 g/mol. The molecule has 1 fully saturated rings. The van der Waals surface area contributed by atoms with Crippen molar-refractivity contribution in [2.45, 2.75) is 52.0 Å². The third-order valence-corrected chi connectivity index (χ3v) is 8.99. The number of amides is 1. The lowest BCUT2D eigenvalue weighted by Gasteiger charge is -2.40. The Morgan fingerprint density at radius 3 is 2.71 bits per heavy atom. The van der Waals surface area contributed by atoms with Crippen LogP contribution in [-0.4, -0.2) is 45.2 Å². The Balaban J connectivity index is 1.41. The molecule has 1 aliphatic heterocycles. The molecular formula is C34H41ClN5O2+. The molecule has 5 rings (SSSR count). The van der Waals surface area contributed by atoms with E-state index in [1.165, 1.54) is 11.1 Å². The quantitative estimate of drug-likeness (QED) is 0.254. The minimum Gasteiger partial charge on any atom is -0.391 e. The van der Waals surface area contributed by atoms with Gasteiger partial charge in [-0.3, -0.25) is 10.0 Å². The molecule has 220 valence electrons. The van der Waals surface area contributed by atoms with Gasteiger partial charge in [-0.1, -0.05) is 37.2 Å². The minimum absolute atomic E-state index is 0.129. The Morgan fingerprint density at radius 1 is 1.24 bits per heavy atom. The zero-order valence-corrected chi connectivity index (χ0v) is 25.3. The second kappa shape index (κ2) is 13.4. The Labute approximate surface area is 253 Å². The lowest BCUT2D eigenvalue weighted by atomic mass is 9.70. The highest BCUT2D eigenvalue weighted by Crippen LogP contribution is 2.47. The normalized spacial score (nSPS) is 19.5. The van der Waals surface area contributed by atoms with Gasteiger partial charge < -0.3 is 14.8 Å². The first-order valence-corrected chi connectivity index (χ1v) is 15.3. The maximum atomic E-state index is 13.2. The summed E-state index contributed by atoms with van der Waals surface area (Å²) in [5.41, 5.74) is 5.69. The third-order valence-electron chi connectivity index (χ3n) is 8.75. The molecular weight excluding hydrogens is 546 g/mol. The van der Waals surface area contributed by atoms with Gasteiger partial charge >= 0.3 is 0 Å². The summed E-state index contributed by atoms with van der Waals surface area (Å²) < 4.78 is 3.21. The molecule has 2 N–H and O–H groups in total. The number of nitrogens with zero attached hydrogens (tertiary/aromatic N) is 4. The average Bonchev–Trinajstić information content (AvgIpc) is 3.41. The highest BCUT2D eigenvalue weighted by Gasteiger charge is 2.38. The van der Waals surface area contributed by atoms with Crippen LogP contribution in [0.1, 0.15) is 55.1 Å². The van der Waals surface area contributed by atoms with Crippen LogP contribution in [0, 0.1) is 11.8 Å². The maximum Gasteiger partial charge on any atom is 0.226 e. The van der Waals surface area contributed by atoms with Crippen LogP contribution in [-0.2, 0) is 24.2 Å². The summed E-state index contributed by atoms with van der Waals surface area (Å²) >= 11 is 6.56. The van der Waals surface area contributed by atoms with E-state index in [9.17, 15) is 10.0 Å². The predicted octanol–water partition coefficient (Wildman–Crippen LogP) is 5.58. The highest BCUT2D eigenvalue weighted by molar-refractivity contribution is 6.30. The molecule has 7 nitrogen and oxygen atoms in total. The maximum absolute atomic E-state index is 13.2. The van der Waals surface area contributed by atoms with Gasteiger partial charge in [-0.2, -0.15) is 0 Å². The zero-order valence-electron chi connectivity index (χ0n) is 24.5. The third kappa shape index (κ3) is 6.62. The van der Waals surface area contributed by atoms with Gasteiger partial charge in [0.1, 0.15) is 5.82 Å². The van der Waals surface area contributed by atoms with Crippen molar-refractivity contribution in [1.82, 2.24) is 19.8 Å². The van der Waals surface area contributed by atoms with Gasteiger partial charge in [0.25, 0.3) is 0 Å². The monoisotopic (exact) mass is 586 g/mol. The van der Waals surface area contributed by atoms with E-state index in [1.54, 1.807) is 24.5 Å². The molecule has 0 bridgehead atoms. The number of hydrogen-bond acceptors (Lipinski definition) is 4. The number of allylic oxidation sites excluding steroid dienone is 2. The van der Waals surface area contributed by atoms with Crippen molar-refractivity contribution < 1.29 is 14.7 Å². The molecule has 0 radical (unpaired) electrons. The van der Waals surface area contributed by atoms with Crippen LogP contribution >= 0.6 is 11.6 Å². The van der Waals surface area contributed by atoms with Crippen LogP contribution in [0.15, 0.2) is 85.1 Å². The molecule has 2 atom stereocenters. The lowest BCUT2D eigenvalue weighted by Crippen LogP contribution is -2.42. The van der Waals surface area contributed by atoms with Crippen LogP contribution in [0.2, 0.25) is 5.02 Å². The van der Waals surface area contributed by atoms with Crippen LogP contribution in [0.3, 0.4) is 0 Å². The van der Waals surface area contributed by atoms with E-state index in [-0.39, 0.29) is 17.7 Å². The van der Waals surface area contributed by atoms with E-state index < -0.39 is 0 Å². The highest BCUT2D eigenvalue weighted by atomic mass is 35.5. The number of benzene rings is 1. The second-order valence-corrected chi connectivity index (χ2v) is 11.8. The van der Waals surface area contributed by atoms with E-state index in [1.807, 2.05) is 42.6 Å². The molecule has 1 saturated heterocycles. The minimum atomic E-state index is 0.129. The fourth-order valence-corrected chi connectivity index (χ4v) is 6.74. The zero-order chi connectivity index (χ0) is 29.6. The fraction of sp³-hybridized carbons (Fsp3) is 0.382. The number of hydrogen-bond donors (Lipinski definition) is 2. The first-order valence-electron chi connectivity index (χ1n) is 14.9. The molecule has 8 heteroatoms. The summed E-state index contributed by atoms with van der Waals surface area (Å²) in [5.74, 6) is 1.98. The molecule has 2 aliphatic rings. The van der Waals surface area contributed by atoms with Crippen LogP contribution in [0.25, 0.3) is 6.08 Å². The molecule has 3 aromatic rings. The molecule has 0 spiro atoms. The van der Waals surface area contributed by atoms with Gasteiger partial charge in [-0.25, -0.2) is 4.98 Å². The number of rotatable bonds is 9. The molecule has 1 amide bonds. The fourth-order valence-electron chi connectivity index (χ4n) is 6.56. The van der Waals surface area contributed by atoms with Gasteiger partial charge in [0.15, 0.2) is 0 Å².